The first-order valence-corrected chi connectivity index (χ1v) is 15.5. The van der Waals surface area contributed by atoms with Crippen LogP contribution in [0, 0.1) is 0 Å². The summed E-state index contributed by atoms with van der Waals surface area (Å²) in [5.74, 6) is -0.163. The lowest BCUT2D eigenvalue weighted by atomic mass is 10.0. The smallest absolute Gasteiger partial charge is 0.224 e. The number of carbonyl (C=O) groups excluding carboxylic acids is 1. The minimum Gasteiger partial charge on any atom is -0.394 e. The third-order valence-electron chi connectivity index (χ3n) is 6.57. The van der Waals surface area contributed by atoms with Crippen LogP contribution in [0.1, 0.15) is 129 Å². The largest absolute Gasteiger partial charge is 0.394 e. The molecule has 0 aromatic carbocycles. The lowest BCUT2D eigenvalue weighted by Gasteiger charge is -2.22. The van der Waals surface area contributed by atoms with Gasteiger partial charge in [0.25, 0.3) is 0 Å². The molecule has 0 fully saturated rings. The van der Waals surface area contributed by atoms with Gasteiger partial charge in [0.2, 0.25) is 5.91 Å². The summed E-state index contributed by atoms with van der Waals surface area (Å²) in [6.07, 6.45) is 40.0. The molecule has 218 valence electrons. The molecule has 38 heavy (non-hydrogen) atoms. The quantitative estimate of drug-likeness (QED) is 0.0775. The van der Waals surface area contributed by atoms with Gasteiger partial charge in [0, 0.05) is 6.42 Å². The van der Waals surface area contributed by atoms with Crippen LogP contribution >= 0.6 is 0 Å². The van der Waals surface area contributed by atoms with Crippen molar-refractivity contribution in [2.24, 2.45) is 0 Å². The molecule has 0 aromatic heterocycles. The fraction of sp³-hybridized carbons (Fsp3) is 0.676. The van der Waals surface area contributed by atoms with Crippen LogP contribution < -0.4 is 5.32 Å². The average molecular weight is 530 g/mol. The number of nitrogens with one attached hydrogen (secondary N) is 1. The van der Waals surface area contributed by atoms with Gasteiger partial charge in [-0.25, -0.2) is 0 Å². The number of allylic oxidation sites excluding steroid dienone is 9. The Balaban J connectivity index is 3.83. The first-order chi connectivity index (χ1) is 18.7. The second-order valence-electron chi connectivity index (χ2n) is 10.2. The molecule has 0 spiro atoms. The lowest BCUT2D eigenvalue weighted by Crippen LogP contribution is -2.45. The normalized spacial score (nSPS) is 14.1. The molecule has 4 nitrogen and oxygen atoms in total. The molecule has 0 bridgehead atoms. The van der Waals surface area contributed by atoms with Crippen molar-refractivity contribution in [1.82, 2.24) is 5.32 Å². The number of hydrogen-bond acceptors (Lipinski definition) is 3. The van der Waals surface area contributed by atoms with E-state index in [0.29, 0.717) is 6.42 Å². The Morgan fingerprint density at radius 3 is 1.50 bits per heavy atom. The van der Waals surface area contributed by atoms with Gasteiger partial charge < -0.3 is 15.5 Å². The Bertz CT molecular complexity index is 663. The second kappa shape index (κ2) is 29.6. The molecule has 0 aliphatic rings. The van der Waals surface area contributed by atoms with Crippen molar-refractivity contribution in [2.75, 3.05) is 6.61 Å². The van der Waals surface area contributed by atoms with E-state index in [1.165, 1.54) is 57.8 Å². The van der Waals surface area contributed by atoms with E-state index in [1.807, 2.05) is 12.2 Å². The SMILES string of the molecule is CC/C=C\C/C=C\C/C=C\C/C=C\C/C=C\CC(=O)NC(CO)C(O)CCCCCCCCCCCCC. The van der Waals surface area contributed by atoms with Crippen LogP contribution in [0.15, 0.2) is 60.8 Å². The Labute approximate surface area is 235 Å². The van der Waals surface area contributed by atoms with Crippen molar-refractivity contribution >= 4 is 5.91 Å². The van der Waals surface area contributed by atoms with E-state index in [0.717, 1.165) is 44.9 Å². The number of unbranched alkanes of at least 4 members (excludes halogenated alkanes) is 10. The van der Waals surface area contributed by atoms with Gasteiger partial charge in [-0.3, -0.25) is 4.79 Å². The van der Waals surface area contributed by atoms with Crippen LogP contribution in [-0.4, -0.2) is 34.9 Å². The topological polar surface area (TPSA) is 69.6 Å². The molecule has 3 N–H and O–H groups in total. The molecule has 1 amide bonds. The van der Waals surface area contributed by atoms with E-state index in [2.05, 4.69) is 67.8 Å². The third-order valence-corrected chi connectivity index (χ3v) is 6.57. The highest BCUT2D eigenvalue weighted by Gasteiger charge is 2.19. The summed E-state index contributed by atoms with van der Waals surface area (Å²) < 4.78 is 0. The van der Waals surface area contributed by atoms with Gasteiger partial charge in [-0.05, 0) is 38.5 Å². The monoisotopic (exact) mass is 529 g/mol. The Kier molecular flexibility index (Phi) is 28.2. The zero-order chi connectivity index (χ0) is 27.9. The lowest BCUT2D eigenvalue weighted by molar-refractivity contribution is -0.122. The summed E-state index contributed by atoms with van der Waals surface area (Å²) in [5.41, 5.74) is 0. The zero-order valence-corrected chi connectivity index (χ0v) is 24.7. The molecule has 0 aliphatic heterocycles. The Hall–Kier alpha value is -1.91. The fourth-order valence-electron chi connectivity index (χ4n) is 4.19. The van der Waals surface area contributed by atoms with E-state index in [1.54, 1.807) is 0 Å². The van der Waals surface area contributed by atoms with Gasteiger partial charge in [-0.15, -0.1) is 0 Å². The molecule has 0 aromatic rings. The van der Waals surface area contributed by atoms with Crippen molar-refractivity contribution in [3.05, 3.63) is 60.8 Å². The highest BCUT2D eigenvalue weighted by Crippen LogP contribution is 2.13. The van der Waals surface area contributed by atoms with Crippen LogP contribution in [0.2, 0.25) is 0 Å². The maximum Gasteiger partial charge on any atom is 0.224 e. The van der Waals surface area contributed by atoms with Crippen molar-refractivity contribution in [1.29, 1.82) is 0 Å². The summed E-state index contributed by atoms with van der Waals surface area (Å²) in [6, 6.07) is -0.589. The zero-order valence-electron chi connectivity index (χ0n) is 24.7. The number of hydrogen-bond donors (Lipinski definition) is 3. The molecule has 4 heteroatoms. The van der Waals surface area contributed by atoms with E-state index in [-0.39, 0.29) is 18.9 Å². The van der Waals surface area contributed by atoms with Gasteiger partial charge in [0.05, 0.1) is 18.8 Å². The predicted molar refractivity (Wildman–Crippen MR) is 165 cm³/mol. The molecule has 0 saturated heterocycles. The fourth-order valence-corrected chi connectivity index (χ4v) is 4.19. The molecule has 0 aliphatic carbocycles. The first kappa shape index (κ1) is 36.1. The van der Waals surface area contributed by atoms with Crippen LogP contribution in [0.3, 0.4) is 0 Å². The third kappa shape index (κ3) is 25.7. The number of rotatable bonds is 26. The molecule has 0 radical (unpaired) electrons. The first-order valence-electron chi connectivity index (χ1n) is 15.5. The second-order valence-corrected chi connectivity index (χ2v) is 10.2. The van der Waals surface area contributed by atoms with Gasteiger partial charge >= 0.3 is 0 Å². The summed E-state index contributed by atoms with van der Waals surface area (Å²) in [6.45, 7) is 4.15. The number of amides is 1. The van der Waals surface area contributed by atoms with Gasteiger partial charge in [-0.2, -0.15) is 0 Å². The number of aliphatic hydroxyl groups excluding tert-OH is 2. The van der Waals surface area contributed by atoms with Crippen LogP contribution in [0.4, 0.5) is 0 Å². The maximum absolute atomic E-state index is 12.2. The number of aliphatic hydroxyl groups is 2. The Morgan fingerprint density at radius 2 is 1.05 bits per heavy atom. The summed E-state index contributed by atoms with van der Waals surface area (Å²) in [4.78, 5) is 12.2. The summed E-state index contributed by atoms with van der Waals surface area (Å²) >= 11 is 0. The molecule has 2 unspecified atom stereocenters. The molecule has 2 atom stereocenters. The van der Waals surface area contributed by atoms with Gasteiger partial charge in [0.1, 0.15) is 0 Å². The standard InChI is InChI=1S/C34H59NO3/c1-3-5-7-9-11-13-15-16-17-18-20-22-24-26-28-30-34(38)35-32(31-36)33(37)29-27-25-23-21-19-14-12-10-8-6-4-2/h5,7,11,13,16-17,20,22,26,28,32-33,36-37H,3-4,6,8-10,12,14-15,18-19,21,23-25,27,29-31H2,1-2H3,(H,35,38)/b7-5-,13-11-,17-16-,22-20-,28-26-. The van der Waals surface area contributed by atoms with Crippen molar-refractivity contribution in [3.8, 4) is 0 Å². The highest BCUT2D eigenvalue weighted by atomic mass is 16.3. The average Bonchev–Trinajstić information content (AvgIpc) is 2.92. The maximum atomic E-state index is 12.2. The summed E-state index contributed by atoms with van der Waals surface area (Å²) in [5, 5.41) is 22.8. The molecule has 0 rings (SSSR count). The van der Waals surface area contributed by atoms with Gasteiger partial charge in [0.15, 0.2) is 0 Å². The van der Waals surface area contributed by atoms with Crippen molar-refractivity contribution < 1.29 is 15.0 Å². The van der Waals surface area contributed by atoms with Crippen LogP contribution in [0.25, 0.3) is 0 Å². The van der Waals surface area contributed by atoms with Gasteiger partial charge in [-0.1, -0.05) is 145 Å². The number of carbonyl (C=O) groups is 1. The molecular weight excluding hydrogens is 470 g/mol. The Morgan fingerprint density at radius 1 is 0.632 bits per heavy atom. The van der Waals surface area contributed by atoms with Crippen LogP contribution in [0.5, 0.6) is 0 Å². The summed E-state index contributed by atoms with van der Waals surface area (Å²) in [7, 11) is 0. The van der Waals surface area contributed by atoms with E-state index >= 15 is 0 Å². The van der Waals surface area contributed by atoms with Crippen LogP contribution in [-0.2, 0) is 4.79 Å². The van der Waals surface area contributed by atoms with Crippen molar-refractivity contribution in [3.63, 3.8) is 0 Å². The molecular formula is C34H59NO3. The van der Waals surface area contributed by atoms with E-state index in [9.17, 15) is 15.0 Å². The molecule has 0 saturated carbocycles. The van der Waals surface area contributed by atoms with E-state index in [4.69, 9.17) is 0 Å². The van der Waals surface area contributed by atoms with Crippen molar-refractivity contribution in [2.45, 2.75) is 142 Å². The highest BCUT2D eigenvalue weighted by molar-refractivity contribution is 5.77. The van der Waals surface area contributed by atoms with E-state index < -0.39 is 12.1 Å². The predicted octanol–water partition coefficient (Wildman–Crippen LogP) is 8.67. The minimum atomic E-state index is -0.698. The molecule has 0 heterocycles. The minimum absolute atomic E-state index is 0.163.